The lowest BCUT2D eigenvalue weighted by molar-refractivity contribution is -0.131. The molecule has 0 spiro atoms. The van der Waals surface area contributed by atoms with Crippen LogP contribution in [0.5, 0.6) is 0 Å². The molecule has 1 atom stereocenters. The van der Waals surface area contributed by atoms with E-state index in [4.69, 9.17) is 0 Å². The fraction of sp³-hybridized carbons (Fsp3) is 0.556. The van der Waals surface area contributed by atoms with Crippen LogP contribution in [-0.4, -0.2) is 29.8 Å². The van der Waals surface area contributed by atoms with Gasteiger partial charge in [-0.15, -0.1) is 0 Å². The highest BCUT2D eigenvalue weighted by Gasteiger charge is 2.27. The number of amides is 2. The Kier molecular flexibility index (Phi) is 5.99. The van der Waals surface area contributed by atoms with E-state index in [9.17, 15) is 9.59 Å². The van der Waals surface area contributed by atoms with Crippen molar-refractivity contribution in [3.8, 4) is 0 Å². The average molecular weight is 302 g/mol. The lowest BCUT2D eigenvalue weighted by Crippen LogP contribution is -2.31. The van der Waals surface area contributed by atoms with Crippen LogP contribution in [0, 0.1) is 11.8 Å². The smallest absolute Gasteiger partial charge is 0.222 e. The summed E-state index contributed by atoms with van der Waals surface area (Å²) in [7, 11) is 0. The highest BCUT2D eigenvalue weighted by molar-refractivity contribution is 5.78. The number of carbonyl (C=O) groups is 2. The summed E-state index contributed by atoms with van der Waals surface area (Å²) in [5.41, 5.74) is 1.11. The first-order valence-electron chi connectivity index (χ1n) is 8.13. The monoisotopic (exact) mass is 302 g/mol. The summed E-state index contributed by atoms with van der Waals surface area (Å²) < 4.78 is 0. The van der Waals surface area contributed by atoms with E-state index >= 15 is 0 Å². The molecule has 1 N–H and O–H groups in total. The van der Waals surface area contributed by atoms with E-state index in [1.807, 2.05) is 35.2 Å². The molecule has 0 bridgehead atoms. The number of benzene rings is 1. The highest BCUT2D eigenvalue weighted by Crippen LogP contribution is 2.21. The maximum Gasteiger partial charge on any atom is 0.222 e. The molecule has 1 fully saturated rings. The third-order valence-corrected chi connectivity index (χ3v) is 4.03. The third kappa shape index (κ3) is 5.17. The van der Waals surface area contributed by atoms with Crippen molar-refractivity contribution in [3.05, 3.63) is 35.9 Å². The van der Waals surface area contributed by atoms with Crippen LogP contribution in [0.1, 0.15) is 38.7 Å². The molecule has 2 amide bonds. The summed E-state index contributed by atoms with van der Waals surface area (Å²) in [5.74, 6) is 0.988. The van der Waals surface area contributed by atoms with Crippen LogP contribution < -0.4 is 5.32 Å². The Morgan fingerprint density at radius 2 is 2.00 bits per heavy atom. The van der Waals surface area contributed by atoms with E-state index in [0.29, 0.717) is 31.2 Å². The van der Waals surface area contributed by atoms with Crippen molar-refractivity contribution in [1.82, 2.24) is 10.2 Å². The minimum Gasteiger partial charge on any atom is -0.352 e. The van der Waals surface area contributed by atoms with E-state index in [1.165, 1.54) is 0 Å². The van der Waals surface area contributed by atoms with Crippen LogP contribution in [-0.2, 0) is 16.1 Å². The maximum atomic E-state index is 12.0. The quantitative estimate of drug-likeness (QED) is 0.878. The summed E-state index contributed by atoms with van der Waals surface area (Å²) in [6, 6.07) is 9.91. The largest absolute Gasteiger partial charge is 0.352 e. The highest BCUT2D eigenvalue weighted by atomic mass is 16.2. The molecule has 1 aliphatic heterocycles. The minimum absolute atomic E-state index is 0.0759. The molecule has 22 heavy (non-hydrogen) atoms. The van der Waals surface area contributed by atoms with Crippen LogP contribution >= 0.6 is 0 Å². The second kappa shape index (κ2) is 7.97. The lowest BCUT2D eigenvalue weighted by atomic mass is 10.0. The molecular weight excluding hydrogens is 276 g/mol. The molecule has 2 rings (SSSR count). The van der Waals surface area contributed by atoms with Crippen molar-refractivity contribution in [2.75, 3.05) is 13.1 Å². The number of hydrogen-bond acceptors (Lipinski definition) is 2. The van der Waals surface area contributed by atoms with Crippen LogP contribution in [0.3, 0.4) is 0 Å². The normalized spacial score (nSPS) is 17.8. The van der Waals surface area contributed by atoms with E-state index in [1.54, 1.807) is 0 Å². The molecule has 4 nitrogen and oxygen atoms in total. The van der Waals surface area contributed by atoms with Gasteiger partial charge in [-0.2, -0.15) is 0 Å². The Bertz CT molecular complexity index is 499. The van der Waals surface area contributed by atoms with Gasteiger partial charge >= 0.3 is 0 Å². The molecule has 1 saturated heterocycles. The predicted octanol–water partition coefficient (Wildman–Crippen LogP) is 2.59. The van der Waals surface area contributed by atoms with Crippen LogP contribution in [0.15, 0.2) is 30.3 Å². The first-order valence-corrected chi connectivity index (χ1v) is 8.13. The topological polar surface area (TPSA) is 49.4 Å². The molecule has 1 aromatic rings. The van der Waals surface area contributed by atoms with Crippen molar-refractivity contribution in [3.63, 3.8) is 0 Å². The second-order valence-electron chi connectivity index (χ2n) is 6.56. The molecule has 0 radical (unpaired) electrons. The van der Waals surface area contributed by atoms with Gasteiger partial charge in [0.2, 0.25) is 11.8 Å². The summed E-state index contributed by atoms with van der Waals surface area (Å²) in [6.07, 6.45) is 2.05. The van der Waals surface area contributed by atoms with Gasteiger partial charge in [-0.3, -0.25) is 9.59 Å². The molecule has 120 valence electrons. The maximum absolute atomic E-state index is 12.0. The fourth-order valence-corrected chi connectivity index (χ4v) is 2.83. The van der Waals surface area contributed by atoms with Gasteiger partial charge in [0, 0.05) is 32.5 Å². The Hall–Kier alpha value is -1.84. The zero-order chi connectivity index (χ0) is 15.9. The van der Waals surface area contributed by atoms with E-state index in [2.05, 4.69) is 19.2 Å². The predicted molar refractivity (Wildman–Crippen MR) is 87.0 cm³/mol. The van der Waals surface area contributed by atoms with Crippen LogP contribution in [0.25, 0.3) is 0 Å². The van der Waals surface area contributed by atoms with Gasteiger partial charge < -0.3 is 10.2 Å². The van der Waals surface area contributed by atoms with Gasteiger partial charge in [-0.05, 0) is 23.8 Å². The zero-order valence-corrected chi connectivity index (χ0v) is 13.5. The number of hydrogen-bond donors (Lipinski definition) is 1. The van der Waals surface area contributed by atoms with Crippen LogP contribution in [0.4, 0.5) is 0 Å². The first-order chi connectivity index (χ1) is 10.5. The van der Waals surface area contributed by atoms with Gasteiger partial charge in [0.15, 0.2) is 0 Å². The van der Waals surface area contributed by atoms with Crippen molar-refractivity contribution in [2.24, 2.45) is 11.8 Å². The summed E-state index contributed by atoms with van der Waals surface area (Å²) in [4.78, 5) is 25.9. The Morgan fingerprint density at radius 3 is 2.68 bits per heavy atom. The zero-order valence-electron chi connectivity index (χ0n) is 13.5. The number of likely N-dealkylation sites (tertiary alicyclic amines) is 1. The molecule has 1 heterocycles. The van der Waals surface area contributed by atoms with E-state index < -0.39 is 0 Å². The Morgan fingerprint density at radius 1 is 1.27 bits per heavy atom. The van der Waals surface area contributed by atoms with Gasteiger partial charge in [-0.1, -0.05) is 44.2 Å². The molecule has 0 aromatic heterocycles. The number of carbonyl (C=O) groups excluding carboxylic acids is 2. The average Bonchev–Trinajstić information content (AvgIpc) is 2.94. The number of nitrogens with zero attached hydrogens (tertiary/aromatic N) is 1. The van der Waals surface area contributed by atoms with E-state index in [-0.39, 0.29) is 11.8 Å². The lowest BCUT2D eigenvalue weighted by Gasteiger charge is -2.17. The van der Waals surface area contributed by atoms with Gasteiger partial charge in [0.05, 0.1) is 0 Å². The Balaban J connectivity index is 1.71. The van der Waals surface area contributed by atoms with E-state index in [0.717, 1.165) is 25.1 Å². The SMILES string of the molecule is CC(C)CC(=O)N1CCC(CC(=O)NCc2ccccc2)C1. The number of nitrogens with one attached hydrogen (secondary N) is 1. The van der Waals surface area contributed by atoms with Crippen LogP contribution in [0.2, 0.25) is 0 Å². The van der Waals surface area contributed by atoms with Gasteiger partial charge in [-0.25, -0.2) is 0 Å². The van der Waals surface area contributed by atoms with Gasteiger partial charge in [0.25, 0.3) is 0 Å². The molecule has 1 aliphatic rings. The molecule has 4 heteroatoms. The van der Waals surface area contributed by atoms with Crippen molar-refractivity contribution >= 4 is 11.8 Å². The van der Waals surface area contributed by atoms with Crippen molar-refractivity contribution in [1.29, 1.82) is 0 Å². The molecule has 1 aromatic carbocycles. The summed E-state index contributed by atoms with van der Waals surface area (Å²) >= 11 is 0. The third-order valence-electron chi connectivity index (χ3n) is 4.03. The van der Waals surface area contributed by atoms with Gasteiger partial charge in [0.1, 0.15) is 0 Å². The summed E-state index contributed by atoms with van der Waals surface area (Å²) in [6.45, 7) is 6.21. The molecule has 1 unspecified atom stereocenters. The second-order valence-corrected chi connectivity index (χ2v) is 6.56. The fourth-order valence-electron chi connectivity index (χ4n) is 2.83. The van der Waals surface area contributed by atoms with Crippen molar-refractivity contribution in [2.45, 2.75) is 39.7 Å². The summed E-state index contributed by atoms with van der Waals surface area (Å²) in [5, 5.41) is 2.96. The molecule has 0 saturated carbocycles. The standard InChI is InChI=1S/C18H26N2O2/c1-14(2)10-18(22)20-9-8-16(13-20)11-17(21)19-12-15-6-4-3-5-7-15/h3-7,14,16H,8-13H2,1-2H3,(H,19,21). The molecule has 0 aliphatic carbocycles. The number of rotatable bonds is 6. The minimum atomic E-state index is 0.0759. The molecular formula is C18H26N2O2. The Labute approximate surface area is 132 Å². The first kappa shape index (κ1) is 16.5. The van der Waals surface area contributed by atoms with Crippen molar-refractivity contribution < 1.29 is 9.59 Å².